The van der Waals surface area contributed by atoms with Crippen LogP contribution in [-0.4, -0.2) is 37.6 Å². The second kappa shape index (κ2) is 5.82. The first kappa shape index (κ1) is 14.6. The second-order valence-electron chi connectivity index (χ2n) is 5.81. The highest BCUT2D eigenvalue weighted by Gasteiger charge is 2.31. The van der Waals surface area contributed by atoms with Crippen LogP contribution < -0.4 is 10.1 Å². The minimum Gasteiger partial charge on any atom is -0.485 e. The van der Waals surface area contributed by atoms with Crippen LogP contribution in [0.3, 0.4) is 0 Å². The van der Waals surface area contributed by atoms with Crippen LogP contribution in [0.1, 0.15) is 35.4 Å². The second-order valence-corrected chi connectivity index (χ2v) is 5.81. The van der Waals surface area contributed by atoms with Crippen LogP contribution in [-0.2, 0) is 14.1 Å². The first-order valence-electron chi connectivity index (χ1n) is 7.50. The van der Waals surface area contributed by atoms with Gasteiger partial charge < -0.3 is 10.1 Å². The lowest BCUT2D eigenvalue weighted by Gasteiger charge is -2.21. The Morgan fingerprint density at radius 1 is 1.41 bits per heavy atom. The Bertz CT molecular complexity index is 656. The third-order valence-corrected chi connectivity index (χ3v) is 4.08. The largest absolute Gasteiger partial charge is 0.485 e. The van der Waals surface area contributed by atoms with Gasteiger partial charge in [0.05, 0.1) is 18.4 Å². The molecule has 1 amide bonds. The topological polar surface area (TPSA) is 74.0 Å². The summed E-state index contributed by atoms with van der Waals surface area (Å²) in [7, 11) is 3.68. The van der Waals surface area contributed by atoms with Gasteiger partial charge in [-0.2, -0.15) is 10.2 Å². The number of nitrogens with one attached hydrogen (secondary N) is 1. The summed E-state index contributed by atoms with van der Waals surface area (Å²) in [5, 5.41) is 11.4. The van der Waals surface area contributed by atoms with Gasteiger partial charge in [0.25, 0.3) is 5.91 Å². The fraction of sp³-hybridized carbons (Fsp3) is 0.533. The minimum absolute atomic E-state index is 0.00928. The molecule has 2 atom stereocenters. The highest BCUT2D eigenvalue weighted by Crippen LogP contribution is 2.24. The molecule has 2 aromatic heterocycles. The highest BCUT2D eigenvalue weighted by atomic mass is 16.5. The number of carbonyl (C=O) groups is 1. The Morgan fingerprint density at radius 2 is 2.23 bits per heavy atom. The lowest BCUT2D eigenvalue weighted by Crippen LogP contribution is -2.42. The molecule has 3 rings (SSSR count). The lowest BCUT2D eigenvalue weighted by atomic mass is 10.2. The first-order valence-corrected chi connectivity index (χ1v) is 7.50. The average molecular weight is 303 g/mol. The number of carbonyl (C=O) groups excluding carboxylic acids is 1. The van der Waals surface area contributed by atoms with E-state index in [1.807, 2.05) is 27.2 Å². The van der Waals surface area contributed by atoms with E-state index in [0.29, 0.717) is 5.69 Å². The van der Waals surface area contributed by atoms with E-state index < -0.39 is 0 Å². The molecule has 22 heavy (non-hydrogen) atoms. The number of ether oxygens (including phenoxy) is 1. The molecule has 1 saturated carbocycles. The van der Waals surface area contributed by atoms with Crippen molar-refractivity contribution >= 4 is 5.91 Å². The molecule has 7 nitrogen and oxygen atoms in total. The van der Waals surface area contributed by atoms with Crippen molar-refractivity contribution in [1.82, 2.24) is 24.9 Å². The van der Waals surface area contributed by atoms with Crippen molar-refractivity contribution in [2.24, 2.45) is 14.1 Å². The highest BCUT2D eigenvalue weighted by molar-refractivity contribution is 5.92. The van der Waals surface area contributed by atoms with E-state index in [1.54, 1.807) is 21.6 Å². The molecule has 0 radical (unpaired) electrons. The Morgan fingerprint density at radius 3 is 2.86 bits per heavy atom. The van der Waals surface area contributed by atoms with Crippen molar-refractivity contribution in [1.29, 1.82) is 0 Å². The summed E-state index contributed by atoms with van der Waals surface area (Å²) < 4.78 is 9.36. The maximum Gasteiger partial charge on any atom is 0.272 e. The zero-order valence-electron chi connectivity index (χ0n) is 13.1. The normalized spacial score (nSPS) is 21.0. The van der Waals surface area contributed by atoms with Crippen LogP contribution in [0.2, 0.25) is 0 Å². The molecule has 0 aliphatic heterocycles. The molecule has 1 aliphatic rings. The van der Waals surface area contributed by atoms with Crippen LogP contribution >= 0.6 is 0 Å². The number of nitrogens with zero attached hydrogens (tertiary/aromatic N) is 4. The van der Waals surface area contributed by atoms with Gasteiger partial charge in [0.15, 0.2) is 5.75 Å². The van der Waals surface area contributed by atoms with Crippen molar-refractivity contribution in [2.75, 3.05) is 0 Å². The minimum atomic E-state index is -0.143. The summed E-state index contributed by atoms with van der Waals surface area (Å²) in [4.78, 5) is 12.3. The number of aromatic nitrogens is 4. The SMILES string of the molecule is Cc1cc(C(=O)N[C@H]2CCC[C@H]2Oc2cnn(C)c2)nn1C. The number of hydrogen-bond donors (Lipinski definition) is 1. The summed E-state index contributed by atoms with van der Waals surface area (Å²) >= 11 is 0. The van der Waals surface area contributed by atoms with Crippen molar-refractivity contribution in [3.8, 4) is 5.75 Å². The number of rotatable bonds is 4. The van der Waals surface area contributed by atoms with Crippen LogP contribution in [0.15, 0.2) is 18.5 Å². The van der Waals surface area contributed by atoms with Crippen molar-refractivity contribution in [3.05, 3.63) is 29.8 Å². The molecule has 0 unspecified atom stereocenters. The zero-order chi connectivity index (χ0) is 15.7. The van der Waals surface area contributed by atoms with Crippen molar-refractivity contribution in [2.45, 2.75) is 38.3 Å². The fourth-order valence-corrected chi connectivity index (χ4v) is 2.78. The summed E-state index contributed by atoms with van der Waals surface area (Å²) in [6.45, 7) is 1.92. The van der Waals surface area contributed by atoms with Gasteiger partial charge >= 0.3 is 0 Å². The third-order valence-electron chi connectivity index (χ3n) is 4.08. The van der Waals surface area contributed by atoms with Gasteiger partial charge in [0, 0.05) is 19.8 Å². The quantitative estimate of drug-likeness (QED) is 0.921. The van der Waals surface area contributed by atoms with Gasteiger partial charge in [-0.15, -0.1) is 0 Å². The Hall–Kier alpha value is -2.31. The number of aryl methyl sites for hydroxylation is 3. The van der Waals surface area contributed by atoms with Crippen LogP contribution in [0.5, 0.6) is 5.75 Å². The molecule has 2 aromatic rings. The molecular weight excluding hydrogens is 282 g/mol. The van der Waals surface area contributed by atoms with Crippen LogP contribution in [0.4, 0.5) is 0 Å². The van der Waals surface area contributed by atoms with E-state index >= 15 is 0 Å². The first-order chi connectivity index (χ1) is 10.5. The van der Waals surface area contributed by atoms with Gasteiger partial charge in [-0.25, -0.2) is 0 Å². The fourth-order valence-electron chi connectivity index (χ4n) is 2.78. The van der Waals surface area contributed by atoms with E-state index in [9.17, 15) is 4.79 Å². The van der Waals surface area contributed by atoms with Gasteiger partial charge in [0.1, 0.15) is 11.8 Å². The molecular formula is C15H21N5O2. The summed E-state index contributed by atoms with van der Waals surface area (Å²) in [6.07, 6.45) is 6.40. The van der Waals surface area contributed by atoms with E-state index in [1.165, 1.54) is 0 Å². The van der Waals surface area contributed by atoms with Gasteiger partial charge in [-0.1, -0.05) is 0 Å². The molecule has 0 spiro atoms. The van der Waals surface area contributed by atoms with E-state index in [4.69, 9.17) is 4.74 Å². The predicted octanol–water partition coefficient (Wildman–Crippen LogP) is 1.19. The monoisotopic (exact) mass is 303 g/mol. The lowest BCUT2D eigenvalue weighted by molar-refractivity contribution is 0.0888. The number of amides is 1. The maximum absolute atomic E-state index is 12.3. The maximum atomic E-state index is 12.3. The summed E-state index contributed by atoms with van der Waals surface area (Å²) in [5.41, 5.74) is 1.41. The summed E-state index contributed by atoms with van der Waals surface area (Å²) in [6, 6.07) is 1.80. The van der Waals surface area contributed by atoms with Crippen molar-refractivity contribution < 1.29 is 9.53 Å². The molecule has 1 aliphatic carbocycles. The van der Waals surface area contributed by atoms with E-state index in [0.717, 1.165) is 30.7 Å². The average Bonchev–Trinajstić information content (AvgIpc) is 3.15. The molecule has 118 valence electrons. The van der Waals surface area contributed by atoms with Gasteiger partial charge in [-0.05, 0) is 32.3 Å². The standard InChI is InChI=1S/C15H21N5O2/c1-10-7-13(18-20(10)3)15(21)17-12-5-4-6-14(12)22-11-8-16-19(2)9-11/h7-9,12,14H,4-6H2,1-3H3,(H,17,21)/t12-,14+/m0/s1. The Balaban J connectivity index is 1.64. The number of hydrogen-bond acceptors (Lipinski definition) is 4. The Kier molecular flexibility index (Phi) is 3.87. The van der Waals surface area contributed by atoms with Crippen LogP contribution in [0, 0.1) is 6.92 Å². The predicted molar refractivity (Wildman–Crippen MR) is 80.7 cm³/mol. The van der Waals surface area contributed by atoms with E-state index in [2.05, 4.69) is 15.5 Å². The molecule has 0 aromatic carbocycles. The molecule has 7 heteroatoms. The Labute approximate surface area is 129 Å². The third kappa shape index (κ3) is 2.98. The molecule has 0 bridgehead atoms. The van der Waals surface area contributed by atoms with Crippen molar-refractivity contribution in [3.63, 3.8) is 0 Å². The summed E-state index contributed by atoms with van der Waals surface area (Å²) in [5.74, 6) is 0.595. The van der Waals surface area contributed by atoms with Gasteiger partial charge in [0.2, 0.25) is 0 Å². The molecule has 1 N–H and O–H groups in total. The smallest absolute Gasteiger partial charge is 0.272 e. The van der Waals surface area contributed by atoms with E-state index in [-0.39, 0.29) is 18.1 Å². The van der Waals surface area contributed by atoms with Crippen LogP contribution in [0.25, 0.3) is 0 Å². The van der Waals surface area contributed by atoms with Gasteiger partial charge in [-0.3, -0.25) is 14.2 Å². The molecule has 2 heterocycles. The zero-order valence-corrected chi connectivity index (χ0v) is 13.1. The molecule has 1 fully saturated rings. The molecule has 0 saturated heterocycles.